The summed E-state index contributed by atoms with van der Waals surface area (Å²) in [4.78, 5) is 17.3. The van der Waals surface area contributed by atoms with Crippen molar-refractivity contribution in [1.29, 1.82) is 0 Å². The summed E-state index contributed by atoms with van der Waals surface area (Å²) in [5.74, 6) is 0.741. The molecular weight excluding hydrogens is 280 g/mol. The Kier molecular flexibility index (Phi) is 4.78. The van der Waals surface area contributed by atoms with E-state index in [0.717, 1.165) is 45.8 Å². The maximum absolute atomic E-state index is 12.8. The van der Waals surface area contributed by atoms with Gasteiger partial charge in [0.2, 0.25) is 5.91 Å². The zero-order valence-electron chi connectivity index (χ0n) is 13.5. The Morgan fingerprint density at radius 1 is 1.36 bits per heavy atom. The molecule has 0 spiro atoms. The van der Waals surface area contributed by atoms with Gasteiger partial charge in [-0.1, -0.05) is 13.3 Å². The van der Waals surface area contributed by atoms with E-state index in [0.29, 0.717) is 12.0 Å². The molecule has 0 aromatic carbocycles. The first-order chi connectivity index (χ1) is 10.7. The molecule has 122 valence electrons. The van der Waals surface area contributed by atoms with Crippen LogP contribution >= 0.6 is 0 Å². The standard InChI is InChI=1S/C16H26N4O2/c1-3-14-11-19(12-15(14)18-7-9-22-10-8-18)16(21)13(2)20-6-4-5-17-20/h4-6,13-15H,3,7-12H2,1-2H3/t13-,14-,15+/m1/s1. The molecule has 2 fully saturated rings. The van der Waals surface area contributed by atoms with E-state index in [2.05, 4.69) is 16.9 Å². The highest BCUT2D eigenvalue weighted by atomic mass is 16.5. The molecule has 0 aliphatic carbocycles. The Labute approximate surface area is 132 Å². The molecule has 0 bridgehead atoms. The van der Waals surface area contributed by atoms with Crippen molar-refractivity contribution in [3.8, 4) is 0 Å². The lowest BCUT2D eigenvalue weighted by atomic mass is 9.99. The summed E-state index contributed by atoms with van der Waals surface area (Å²) in [5, 5.41) is 4.20. The van der Waals surface area contributed by atoms with E-state index in [1.807, 2.05) is 24.1 Å². The number of carbonyl (C=O) groups is 1. The minimum atomic E-state index is -0.226. The Morgan fingerprint density at radius 2 is 2.14 bits per heavy atom. The lowest BCUT2D eigenvalue weighted by Gasteiger charge is -2.34. The number of likely N-dealkylation sites (tertiary alicyclic amines) is 1. The molecule has 2 saturated heterocycles. The third-order valence-electron chi connectivity index (χ3n) is 5.04. The van der Waals surface area contributed by atoms with Crippen LogP contribution < -0.4 is 0 Å². The van der Waals surface area contributed by atoms with E-state index in [-0.39, 0.29) is 11.9 Å². The second-order valence-electron chi connectivity index (χ2n) is 6.29. The molecule has 1 amide bonds. The Morgan fingerprint density at radius 3 is 2.77 bits per heavy atom. The molecule has 6 heteroatoms. The normalized spacial score (nSPS) is 28.0. The molecule has 0 radical (unpaired) electrons. The van der Waals surface area contributed by atoms with Crippen molar-refractivity contribution >= 4 is 5.91 Å². The Bertz CT molecular complexity index is 484. The van der Waals surface area contributed by atoms with Crippen LogP contribution in [0, 0.1) is 5.92 Å². The summed E-state index contributed by atoms with van der Waals surface area (Å²) in [5.41, 5.74) is 0. The van der Waals surface area contributed by atoms with Crippen LogP contribution in [0.15, 0.2) is 18.5 Å². The topological polar surface area (TPSA) is 50.6 Å². The number of carbonyl (C=O) groups excluding carboxylic acids is 1. The van der Waals surface area contributed by atoms with Crippen molar-refractivity contribution in [2.75, 3.05) is 39.4 Å². The molecule has 3 heterocycles. The first-order valence-corrected chi connectivity index (χ1v) is 8.30. The lowest BCUT2D eigenvalue weighted by molar-refractivity contribution is -0.133. The predicted molar refractivity (Wildman–Crippen MR) is 83.5 cm³/mol. The quantitative estimate of drug-likeness (QED) is 0.833. The molecule has 0 unspecified atom stereocenters. The van der Waals surface area contributed by atoms with Gasteiger partial charge < -0.3 is 9.64 Å². The number of hydrogen-bond donors (Lipinski definition) is 0. The van der Waals surface area contributed by atoms with Gasteiger partial charge in [-0.3, -0.25) is 14.4 Å². The third kappa shape index (κ3) is 3.03. The van der Waals surface area contributed by atoms with Crippen molar-refractivity contribution in [3.05, 3.63) is 18.5 Å². The van der Waals surface area contributed by atoms with Crippen LogP contribution in [-0.4, -0.2) is 70.9 Å². The molecule has 3 atom stereocenters. The minimum absolute atomic E-state index is 0.179. The fourth-order valence-electron chi connectivity index (χ4n) is 3.65. The van der Waals surface area contributed by atoms with Gasteiger partial charge in [0.1, 0.15) is 6.04 Å². The van der Waals surface area contributed by atoms with Crippen molar-refractivity contribution < 1.29 is 9.53 Å². The number of rotatable bonds is 4. The van der Waals surface area contributed by atoms with E-state index in [9.17, 15) is 4.79 Å². The van der Waals surface area contributed by atoms with E-state index in [1.165, 1.54) is 0 Å². The van der Waals surface area contributed by atoms with Gasteiger partial charge in [-0.2, -0.15) is 5.10 Å². The van der Waals surface area contributed by atoms with Crippen LogP contribution in [0.3, 0.4) is 0 Å². The van der Waals surface area contributed by atoms with Gasteiger partial charge in [0, 0.05) is 44.6 Å². The van der Waals surface area contributed by atoms with Crippen LogP contribution in [0.2, 0.25) is 0 Å². The summed E-state index contributed by atoms with van der Waals surface area (Å²) in [7, 11) is 0. The largest absolute Gasteiger partial charge is 0.379 e. The number of aromatic nitrogens is 2. The first-order valence-electron chi connectivity index (χ1n) is 8.30. The smallest absolute Gasteiger partial charge is 0.247 e. The molecule has 1 aromatic heterocycles. The molecule has 1 aromatic rings. The second-order valence-corrected chi connectivity index (χ2v) is 6.29. The summed E-state index contributed by atoms with van der Waals surface area (Å²) in [6.45, 7) is 9.44. The van der Waals surface area contributed by atoms with Crippen LogP contribution in [0.25, 0.3) is 0 Å². The van der Waals surface area contributed by atoms with Gasteiger partial charge in [0.25, 0.3) is 0 Å². The maximum Gasteiger partial charge on any atom is 0.247 e. The summed E-state index contributed by atoms with van der Waals surface area (Å²) in [6.07, 6.45) is 4.69. The lowest BCUT2D eigenvalue weighted by Crippen LogP contribution is -2.47. The summed E-state index contributed by atoms with van der Waals surface area (Å²) >= 11 is 0. The highest BCUT2D eigenvalue weighted by Crippen LogP contribution is 2.27. The van der Waals surface area contributed by atoms with Gasteiger partial charge in [-0.05, 0) is 18.9 Å². The van der Waals surface area contributed by atoms with Crippen LogP contribution in [0.1, 0.15) is 26.3 Å². The average Bonchev–Trinajstić information content (AvgIpc) is 3.23. The van der Waals surface area contributed by atoms with Crippen molar-refractivity contribution in [1.82, 2.24) is 19.6 Å². The van der Waals surface area contributed by atoms with Crippen molar-refractivity contribution in [2.45, 2.75) is 32.4 Å². The summed E-state index contributed by atoms with van der Waals surface area (Å²) < 4.78 is 7.20. The van der Waals surface area contributed by atoms with E-state index in [1.54, 1.807) is 10.9 Å². The van der Waals surface area contributed by atoms with Crippen LogP contribution in [0.4, 0.5) is 0 Å². The monoisotopic (exact) mass is 306 g/mol. The molecular formula is C16H26N4O2. The predicted octanol–water partition coefficient (Wildman–Crippen LogP) is 1.01. The molecule has 0 N–H and O–H groups in total. The Balaban J connectivity index is 1.66. The number of morpholine rings is 1. The van der Waals surface area contributed by atoms with Gasteiger partial charge in [0.05, 0.1) is 13.2 Å². The van der Waals surface area contributed by atoms with Gasteiger partial charge in [-0.25, -0.2) is 0 Å². The highest BCUT2D eigenvalue weighted by Gasteiger charge is 2.39. The third-order valence-corrected chi connectivity index (χ3v) is 5.04. The van der Waals surface area contributed by atoms with Gasteiger partial charge in [0.15, 0.2) is 0 Å². The maximum atomic E-state index is 12.8. The number of hydrogen-bond acceptors (Lipinski definition) is 4. The van der Waals surface area contributed by atoms with Gasteiger partial charge >= 0.3 is 0 Å². The van der Waals surface area contributed by atoms with E-state index < -0.39 is 0 Å². The van der Waals surface area contributed by atoms with E-state index >= 15 is 0 Å². The van der Waals surface area contributed by atoms with Crippen molar-refractivity contribution in [2.24, 2.45) is 5.92 Å². The van der Waals surface area contributed by atoms with Crippen LogP contribution in [0.5, 0.6) is 0 Å². The average molecular weight is 306 g/mol. The first kappa shape index (κ1) is 15.5. The van der Waals surface area contributed by atoms with E-state index in [4.69, 9.17) is 4.74 Å². The minimum Gasteiger partial charge on any atom is -0.379 e. The molecule has 0 saturated carbocycles. The van der Waals surface area contributed by atoms with Crippen molar-refractivity contribution in [3.63, 3.8) is 0 Å². The fourth-order valence-corrected chi connectivity index (χ4v) is 3.65. The number of nitrogens with zero attached hydrogens (tertiary/aromatic N) is 4. The zero-order chi connectivity index (χ0) is 15.5. The highest BCUT2D eigenvalue weighted by molar-refractivity contribution is 5.80. The SMILES string of the molecule is CC[C@@H]1CN(C(=O)[C@@H](C)n2cccn2)C[C@@H]1N1CCOCC1. The number of amides is 1. The number of ether oxygens (including phenoxy) is 1. The second kappa shape index (κ2) is 6.79. The molecule has 2 aliphatic rings. The Hall–Kier alpha value is -1.40. The zero-order valence-corrected chi connectivity index (χ0v) is 13.5. The molecule has 6 nitrogen and oxygen atoms in total. The summed E-state index contributed by atoms with van der Waals surface area (Å²) in [6, 6.07) is 2.11. The molecule has 2 aliphatic heterocycles. The molecule has 3 rings (SSSR count). The van der Waals surface area contributed by atoms with Gasteiger partial charge in [-0.15, -0.1) is 0 Å². The molecule has 22 heavy (non-hydrogen) atoms. The van der Waals surface area contributed by atoms with Crippen LogP contribution in [-0.2, 0) is 9.53 Å². The fraction of sp³-hybridized carbons (Fsp3) is 0.750.